The van der Waals surface area contributed by atoms with Crippen LogP contribution in [-0.4, -0.2) is 17.7 Å². The number of anilines is 1. The lowest BCUT2D eigenvalue weighted by Crippen LogP contribution is -2.28. The molecule has 4 heteroatoms. The van der Waals surface area contributed by atoms with E-state index >= 15 is 0 Å². The fourth-order valence-electron chi connectivity index (χ4n) is 4.40. The summed E-state index contributed by atoms with van der Waals surface area (Å²) >= 11 is 6.42. The van der Waals surface area contributed by atoms with Crippen molar-refractivity contribution in [1.29, 1.82) is 0 Å². The molecule has 0 spiro atoms. The van der Waals surface area contributed by atoms with Gasteiger partial charge in [-0.15, -0.1) is 0 Å². The second-order valence-electron chi connectivity index (χ2n) is 7.59. The van der Waals surface area contributed by atoms with Crippen molar-refractivity contribution in [3.8, 4) is 0 Å². The molecule has 1 aliphatic heterocycles. The number of nitrogens with zero attached hydrogens (tertiary/aromatic N) is 2. The molecule has 24 heavy (non-hydrogen) atoms. The van der Waals surface area contributed by atoms with Crippen LogP contribution in [0.1, 0.15) is 24.3 Å². The summed E-state index contributed by atoms with van der Waals surface area (Å²) in [7, 11) is 0. The fourth-order valence-corrected chi connectivity index (χ4v) is 4.69. The van der Waals surface area contributed by atoms with Gasteiger partial charge in [0.15, 0.2) is 0 Å². The van der Waals surface area contributed by atoms with Gasteiger partial charge in [0.1, 0.15) is 5.02 Å². The number of aromatic nitrogens is 1. The van der Waals surface area contributed by atoms with Crippen molar-refractivity contribution in [2.24, 2.45) is 17.8 Å². The molecule has 2 unspecified atom stereocenters. The van der Waals surface area contributed by atoms with E-state index in [9.17, 15) is 4.79 Å². The first-order valence-corrected chi connectivity index (χ1v) is 9.29. The van der Waals surface area contributed by atoms with E-state index in [1.807, 2.05) is 12.3 Å². The average Bonchev–Trinajstić information content (AvgIpc) is 3.51. The third-order valence-electron chi connectivity index (χ3n) is 5.96. The lowest BCUT2D eigenvalue weighted by molar-refractivity contribution is 0.606. The Bertz CT molecular complexity index is 815. The highest BCUT2D eigenvalue weighted by Crippen LogP contribution is 2.58. The Hall–Kier alpha value is -1.74. The molecule has 1 saturated heterocycles. The van der Waals surface area contributed by atoms with Crippen molar-refractivity contribution in [1.82, 2.24) is 4.57 Å². The number of piperidine rings is 1. The molecule has 0 N–H and O–H groups in total. The van der Waals surface area contributed by atoms with Gasteiger partial charge in [0.2, 0.25) is 0 Å². The summed E-state index contributed by atoms with van der Waals surface area (Å²) in [4.78, 5) is 14.8. The fraction of sp³-hybridized carbons (Fsp3) is 0.450. The Balaban J connectivity index is 1.33. The molecule has 2 heterocycles. The summed E-state index contributed by atoms with van der Waals surface area (Å²) in [5, 5.41) is 0.399. The van der Waals surface area contributed by atoms with Crippen molar-refractivity contribution < 1.29 is 0 Å². The molecule has 0 bridgehead atoms. The predicted molar refractivity (Wildman–Crippen MR) is 96.8 cm³/mol. The van der Waals surface area contributed by atoms with Crippen molar-refractivity contribution >= 4 is 17.3 Å². The molecule has 2 aromatic rings. The molecule has 1 aromatic heterocycles. The zero-order valence-corrected chi connectivity index (χ0v) is 14.3. The number of hydrogen-bond acceptors (Lipinski definition) is 2. The molecule has 2 aliphatic carbocycles. The van der Waals surface area contributed by atoms with E-state index < -0.39 is 0 Å². The molecule has 3 atom stereocenters. The number of benzene rings is 1. The molecule has 3 nitrogen and oxygen atoms in total. The van der Waals surface area contributed by atoms with Gasteiger partial charge in [0.05, 0.1) is 5.69 Å². The second-order valence-corrected chi connectivity index (χ2v) is 7.96. The van der Waals surface area contributed by atoms with Crippen LogP contribution in [0.2, 0.25) is 5.02 Å². The smallest absolute Gasteiger partial charge is 0.271 e. The summed E-state index contributed by atoms with van der Waals surface area (Å²) in [5.74, 6) is 2.78. The monoisotopic (exact) mass is 340 g/mol. The van der Waals surface area contributed by atoms with Gasteiger partial charge in [-0.25, -0.2) is 0 Å². The molecule has 1 aromatic carbocycles. The van der Waals surface area contributed by atoms with Crippen molar-refractivity contribution in [3.05, 3.63) is 63.5 Å². The molecule has 124 valence electrons. The maximum absolute atomic E-state index is 12.5. The quantitative estimate of drug-likeness (QED) is 0.846. The lowest BCUT2D eigenvalue weighted by atomic mass is 10.1. The third-order valence-corrected chi connectivity index (χ3v) is 6.31. The van der Waals surface area contributed by atoms with Crippen LogP contribution in [0.15, 0.2) is 47.4 Å². The van der Waals surface area contributed by atoms with E-state index in [1.165, 1.54) is 18.4 Å². The zero-order chi connectivity index (χ0) is 16.3. The SMILES string of the molecule is O=c1c(Cl)c(N2CC3C(c4ccccc4)[C@@H]3C2)ccn1CC1CC1. The van der Waals surface area contributed by atoms with Crippen LogP contribution >= 0.6 is 11.6 Å². The van der Waals surface area contributed by atoms with E-state index in [1.54, 1.807) is 4.57 Å². The van der Waals surface area contributed by atoms with E-state index in [0.29, 0.717) is 28.7 Å². The van der Waals surface area contributed by atoms with Gasteiger partial charge in [-0.3, -0.25) is 4.79 Å². The number of fused-ring (bicyclic) bond motifs is 1. The first-order valence-electron chi connectivity index (χ1n) is 8.91. The predicted octanol–water partition coefficient (Wildman–Crippen LogP) is 3.76. The largest absolute Gasteiger partial charge is 0.369 e. The summed E-state index contributed by atoms with van der Waals surface area (Å²) in [6.07, 6.45) is 4.41. The topological polar surface area (TPSA) is 25.2 Å². The molecule has 3 aliphatic rings. The van der Waals surface area contributed by atoms with Crippen LogP contribution in [0.4, 0.5) is 5.69 Å². The van der Waals surface area contributed by atoms with Gasteiger partial charge in [0, 0.05) is 25.8 Å². The van der Waals surface area contributed by atoms with Gasteiger partial charge in [-0.05, 0) is 48.1 Å². The number of halogens is 1. The van der Waals surface area contributed by atoms with Gasteiger partial charge in [-0.1, -0.05) is 41.9 Å². The summed E-state index contributed by atoms with van der Waals surface area (Å²) in [5.41, 5.74) is 2.35. The third kappa shape index (κ3) is 2.37. The minimum Gasteiger partial charge on any atom is -0.369 e. The molecule has 0 amide bonds. The Kier molecular flexibility index (Phi) is 3.27. The van der Waals surface area contributed by atoms with E-state index in [4.69, 9.17) is 11.6 Å². The first-order chi connectivity index (χ1) is 11.7. The Morgan fingerprint density at radius 3 is 2.42 bits per heavy atom. The highest BCUT2D eigenvalue weighted by Gasteiger charge is 2.56. The minimum absolute atomic E-state index is 0.0266. The van der Waals surface area contributed by atoms with Crippen LogP contribution in [0.5, 0.6) is 0 Å². The molecule has 0 radical (unpaired) electrons. The number of pyridine rings is 1. The van der Waals surface area contributed by atoms with Crippen molar-refractivity contribution in [3.63, 3.8) is 0 Å². The summed E-state index contributed by atoms with van der Waals surface area (Å²) < 4.78 is 1.78. The van der Waals surface area contributed by atoms with E-state index in [-0.39, 0.29) is 5.56 Å². The van der Waals surface area contributed by atoms with Crippen LogP contribution in [0.3, 0.4) is 0 Å². The highest BCUT2D eigenvalue weighted by molar-refractivity contribution is 6.33. The number of rotatable bonds is 4. The van der Waals surface area contributed by atoms with E-state index in [0.717, 1.165) is 25.3 Å². The Morgan fingerprint density at radius 1 is 1.04 bits per heavy atom. The Morgan fingerprint density at radius 2 is 1.75 bits per heavy atom. The van der Waals surface area contributed by atoms with Crippen LogP contribution < -0.4 is 10.5 Å². The van der Waals surface area contributed by atoms with Gasteiger partial charge in [0.25, 0.3) is 5.56 Å². The number of hydrogen-bond donors (Lipinski definition) is 0. The average molecular weight is 341 g/mol. The van der Waals surface area contributed by atoms with Crippen LogP contribution in [0.25, 0.3) is 0 Å². The van der Waals surface area contributed by atoms with Crippen LogP contribution in [-0.2, 0) is 6.54 Å². The van der Waals surface area contributed by atoms with Gasteiger partial charge >= 0.3 is 0 Å². The molecule has 3 fully saturated rings. The normalized spacial score (nSPS) is 28.0. The molecular weight excluding hydrogens is 320 g/mol. The van der Waals surface area contributed by atoms with E-state index in [2.05, 4.69) is 35.2 Å². The first kappa shape index (κ1) is 14.6. The Labute approximate surface area is 146 Å². The summed E-state index contributed by atoms with van der Waals surface area (Å²) in [6.45, 7) is 2.84. The van der Waals surface area contributed by atoms with Crippen LogP contribution in [0, 0.1) is 17.8 Å². The second kappa shape index (κ2) is 5.38. The zero-order valence-electron chi connectivity index (χ0n) is 13.6. The lowest BCUT2D eigenvalue weighted by Gasteiger charge is -2.23. The van der Waals surface area contributed by atoms with Gasteiger partial charge < -0.3 is 9.47 Å². The van der Waals surface area contributed by atoms with Crippen molar-refractivity contribution in [2.45, 2.75) is 25.3 Å². The molecule has 2 saturated carbocycles. The standard InChI is InChI=1S/C20H21ClN2O/c21-19-17(8-9-22(20(19)24)10-13-6-7-13)23-11-15-16(12-23)18(15)14-4-2-1-3-5-14/h1-5,8-9,13,15-16,18H,6-7,10-12H2/t15-,16?,18?/m1/s1. The molecular formula is C20H21ClN2O. The maximum Gasteiger partial charge on any atom is 0.271 e. The van der Waals surface area contributed by atoms with Crippen molar-refractivity contribution in [2.75, 3.05) is 18.0 Å². The maximum atomic E-state index is 12.5. The summed E-state index contributed by atoms with van der Waals surface area (Å²) in [6, 6.07) is 12.8. The van der Waals surface area contributed by atoms with Gasteiger partial charge in [-0.2, -0.15) is 0 Å². The minimum atomic E-state index is -0.0266. The highest BCUT2D eigenvalue weighted by atomic mass is 35.5. The molecule has 5 rings (SSSR count).